The van der Waals surface area contributed by atoms with Gasteiger partial charge < -0.3 is 10.4 Å². The van der Waals surface area contributed by atoms with Crippen LogP contribution in [-0.4, -0.2) is 43.5 Å². The molecule has 116 valence electrons. The van der Waals surface area contributed by atoms with E-state index in [9.17, 15) is 22.4 Å². The van der Waals surface area contributed by atoms with Crippen LogP contribution in [-0.2, 0) is 14.6 Å². The number of carboxylic acid groups (broad SMARTS) is 1. The molecule has 0 aliphatic carbocycles. The van der Waals surface area contributed by atoms with Crippen LogP contribution in [0.25, 0.3) is 0 Å². The van der Waals surface area contributed by atoms with Crippen LogP contribution in [0.15, 0.2) is 22.7 Å². The Labute approximate surface area is 129 Å². The molecule has 21 heavy (non-hydrogen) atoms. The van der Waals surface area contributed by atoms with Gasteiger partial charge in [0.05, 0.1) is 10.2 Å². The fourth-order valence-corrected chi connectivity index (χ4v) is 2.38. The van der Waals surface area contributed by atoms with Crippen LogP contribution in [0.4, 0.5) is 4.39 Å². The highest BCUT2D eigenvalue weighted by Crippen LogP contribution is 2.16. The summed E-state index contributed by atoms with van der Waals surface area (Å²) in [5.41, 5.74) is -0.0543. The number of sulfone groups is 1. The second kappa shape index (κ2) is 6.99. The van der Waals surface area contributed by atoms with Gasteiger partial charge in [0.15, 0.2) is 0 Å². The van der Waals surface area contributed by atoms with Gasteiger partial charge in [-0.3, -0.25) is 4.79 Å². The molecule has 0 aliphatic rings. The van der Waals surface area contributed by atoms with Crippen LogP contribution in [0.2, 0.25) is 0 Å². The van der Waals surface area contributed by atoms with Gasteiger partial charge in [-0.05, 0) is 40.5 Å². The molecule has 0 saturated carbocycles. The number of aliphatic carboxylic acids is 1. The summed E-state index contributed by atoms with van der Waals surface area (Å²) in [6.07, 6.45) is 0.705. The second-order valence-corrected chi connectivity index (χ2v) is 7.53. The van der Waals surface area contributed by atoms with Crippen molar-refractivity contribution in [3.8, 4) is 0 Å². The predicted octanol–water partition coefficient (Wildman–Crippen LogP) is 1.21. The van der Waals surface area contributed by atoms with Gasteiger partial charge in [0, 0.05) is 11.8 Å². The van der Waals surface area contributed by atoms with Gasteiger partial charge >= 0.3 is 5.97 Å². The molecule has 0 bridgehead atoms. The summed E-state index contributed by atoms with van der Waals surface area (Å²) in [6.45, 7) is 0. The zero-order valence-electron chi connectivity index (χ0n) is 11.0. The van der Waals surface area contributed by atoms with Crippen LogP contribution in [0.1, 0.15) is 16.8 Å². The number of hydrogen-bond acceptors (Lipinski definition) is 4. The summed E-state index contributed by atoms with van der Waals surface area (Å²) in [4.78, 5) is 22.9. The standard InChI is InChI=1S/C12H13BrFNO5S/c1-21(19,20)5-4-10(12(17)18)15-11(16)7-2-3-8(13)9(14)6-7/h2-3,6,10H,4-5H2,1H3,(H,15,16)(H,17,18). The molecule has 0 fully saturated rings. The van der Waals surface area contributed by atoms with E-state index >= 15 is 0 Å². The van der Waals surface area contributed by atoms with Crippen molar-refractivity contribution in [2.75, 3.05) is 12.0 Å². The van der Waals surface area contributed by atoms with Gasteiger partial charge in [-0.2, -0.15) is 0 Å². The second-order valence-electron chi connectivity index (χ2n) is 4.41. The monoisotopic (exact) mass is 381 g/mol. The van der Waals surface area contributed by atoms with E-state index in [1.807, 2.05) is 0 Å². The van der Waals surface area contributed by atoms with Gasteiger partial charge in [0.2, 0.25) is 0 Å². The highest BCUT2D eigenvalue weighted by molar-refractivity contribution is 9.10. The van der Waals surface area contributed by atoms with Crippen LogP contribution >= 0.6 is 15.9 Å². The molecule has 0 aliphatic heterocycles. The molecule has 0 saturated heterocycles. The molecule has 1 aromatic rings. The van der Waals surface area contributed by atoms with E-state index in [1.165, 1.54) is 12.1 Å². The summed E-state index contributed by atoms with van der Waals surface area (Å²) in [5.74, 6) is -3.18. The molecule has 1 rings (SSSR count). The fraction of sp³-hybridized carbons (Fsp3) is 0.333. The average Bonchev–Trinajstić information content (AvgIpc) is 2.36. The Bertz CT molecular complexity index is 662. The number of carbonyl (C=O) groups excluding carboxylic acids is 1. The molecule has 0 radical (unpaired) electrons. The number of rotatable bonds is 6. The van der Waals surface area contributed by atoms with Crippen molar-refractivity contribution in [1.82, 2.24) is 5.32 Å². The van der Waals surface area contributed by atoms with E-state index in [0.29, 0.717) is 0 Å². The number of carbonyl (C=O) groups is 2. The summed E-state index contributed by atoms with van der Waals surface area (Å²) in [7, 11) is -3.35. The number of hydrogen-bond donors (Lipinski definition) is 2. The molecular weight excluding hydrogens is 369 g/mol. The van der Waals surface area contributed by atoms with Crippen LogP contribution in [0.5, 0.6) is 0 Å². The molecule has 0 heterocycles. The van der Waals surface area contributed by atoms with E-state index in [2.05, 4.69) is 21.2 Å². The lowest BCUT2D eigenvalue weighted by Crippen LogP contribution is -2.41. The minimum atomic E-state index is -3.35. The molecule has 2 N–H and O–H groups in total. The van der Waals surface area contributed by atoms with Gasteiger partial charge in [0.1, 0.15) is 21.7 Å². The Hall–Kier alpha value is -1.48. The van der Waals surface area contributed by atoms with Gasteiger partial charge in [-0.1, -0.05) is 0 Å². The topological polar surface area (TPSA) is 101 Å². The van der Waals surface area contributed by atoms with Crippen molar-refractivity contribution in [2.24, 2.45) is 0 Å². The summed E-state index contributed by atoms with van der Waals surface area (Å²) in [5, 5.41) is 11.1. The molecule has 1 atom stereocenters. The maximum atomic E-state index is 13.3. The molecule has 6 nitrogen and oxygen atoms in total. The van der Waals surface area contributed by atoms with Gasteiger partial charge in [-0.25, -0.2) is 17.6 Å². The normalized spacial score (nSPS) is 12.7. The van der Waals surface area contributed by atoms with Crippen molar-refractivity contribution in [1.29, 1.82) is 0 Å². The molecule has 9 heteroatoms. The first-order valence-electron chi connectivity index (χ1n) is 5.76. The zero-order chi connectivity index (χ0) is 16.2. The zero-order valence-corrected chi connectivity index (χ0v) is 13.4. The smallest absolute Gasteiger partial charge is 0.326 e. The quantitative estimate of drug-likeness (QED) is 0.770. The lowest BCUT2D eigenvalue weighted by Gasteiger charge is -2.14. The van der Waals surface area contributed by atoms with Gasteiger partial charge in [0.25, 0.3) is 5.91 Å². The lowest BCUT2D eigenvalue weighted by molar-refractivity contribution is -0.139. The lowest BCUT2D eigenvalue weighted by atomic mass is 10.1. The summed E-state index contributed by atoms with van der Waals surface area (Å²) in [6, 6.07) is 2.22. The summed E-state index contributed by atoms with van der Waals surface area (Å²) < 4.78 is 35.6. The number of halogens is 2. The van der Waals surface area contributed by atoms with Crippen LogP contribution in [0, 0.1) is 5.82 Å². The number of amides is 1. The number of nitrogens with one attached hydrogen (secondary N) is 1. The van der Waals surface area contributed by atoms with E-state index in [-0.39, 0.29) is 22.2 Å². The molecular formula is C12H13BrFNO5S. The Morgan fingerprint density at radius 2 is 2.05 bits per heavy atom. The van der Waals surface area contributed by atoms with Crippen molar-refractivity contribution in [3.63, 3.8) is 0 Å². The largest absolute Gasteiger partial charge is 0.480 e. The molecule has 1 unspecified atom stereocenters. The average molecular weight is 382 g/mol. The van der Waals surface area contributed by atoms with Crippen LogP contribution < -0.4 is 5.32 Å². The number of benzene rings is 1. The third kappa shape index (κ3) is 5.80. The minimum Gasteiger partial charge on any atom is -0.480 e. The molecule has 0 aromatic heterocycles. The Morgan fingerprint density at radius 1 is 1.43 bits per heavy atom. The molecule has 0 spiro atoms. The van der Waals surface area contributed by atoms with E-state index in [0.717, 1.165) is 12.3 Å². The van der Waals surface area contributed by atoms with Crippen molar-refractivity contribution >= 4 is 37.6 Å². The maximum absolute atomic E-state index is 13.3. The SMILES string of the molecule is CS(=O)(=O)CCC(NC(=O)c1ccc(Br)c(F)c1)C(=O)O. The third-order valence-corrected chi connectivity index (χ3v) is 4.18. The highest BCUT2D eigenvalue weighted by Gasteiger charge is 2.22. The van der Waals surface area contributed by atoms with E-state index < -0.39 is 33.6 Å². The first-order chi connectivity index (χ1) is 9.60. The molecule has 1 amide bonds. The Kier molecular flexibility index (Phi) is 5.85. The Balaban J connectivity index is 2.81. The van der Waals surface area contributed by atoms with Crippen LogP contribution in [0.3, 0.4) is 0 Å². The van der Waals surface area contributed by atoms with E-state index in [4.69, 9.17) is 5.11 Å². The van der Waals surface area contributed by atoms with Crippen molar-refractivity contribution < 1.29 is 27.5 Å². The summed E-state index contributed by atoms with van der Waals surface area (Å²) >= 11 is 2.93. The first kappa shape index (κ1) is 17.6. The predicted molar refractivity (Wildman–Crippen MR) is 77.3 cm³/mol. The maximum Gasteiger partial charge on any atom is 0.326 e. The molecule has 1 aromatic carbocycles. The van der Waals surface area contributed by atoms with Crippen molar-refractivity contribution in [3.05, 3.63) is 34.1 Å². The fourth-order valence-electron chi connectivity index (χ4n) is 1.47. The van der Waals surface area contributed by atoms with Crippen molar-refractivity contribution in [2.45, 2.75) is 12.5 Å². The first-order valence-corrected chi connectivity index (χ1v) is 8.62. The van der Waals surface area contributed by atoms with Gasteiger partial charge in [-0.15, -0.1) is 0 Å². The number of carboxylic acids is 1. The third-order valence-electron chi connectivity index (χ3n) is 2.56. The minimum absolute atomic E-state index is 0.0543. The Morgan fingerprint density at radius 3 is 2.52 bits per heavy atom. The van der Waals surface area contributed by atoms with E-state index in [1.54, 1.807) is 0 Å². The highest BCUT2D eigenvalue weighted by atomic mass is 79.9.